The van der Waals surface area contributed by atoms with Crippen LogP contribution in [0.4, 0.5) is 0 Å². The van der Waals surface area contributed by atoms with Crippen molar-refractivity contribution in [1.29, 1.82) is 0 Å². The predicted octanol–water partition coefficient (Wildman–Crippen LogP) is 4.15. The molecule has 0 aromatic heterocycles. The Hall–Kier alpha value is -2.12. The van der Waals surface area contributed by atoms with Crippen LogP contribution in [0.15, 0.2) is 48.5 Å². The fraction of sp³-hybridized carbons (Fsp3) is 0.481. The third-order valence-corrected chi connectivity index (χ3v) is 7.33. The second-order valence-electron chi connectivity index (χ2n) is 9.45. The van der Waals surface area contributed by atoms with Gasteiger partial charge in [0.05, 0.1) is 0 Å². The zero-order chi connectivity index (χ0) is 24.6. The molecule has 0 radical (unpaired) electrons. The Morgan fingerprint density at radius 3 is 1.37 bits per heavy atom. The molecule has 188 valence electrons. The van der Waals surface area contributed by atoms with Gasteiger partial charge in [0, 0.05) is 75.5 Å². The highest BCUT2D eigenvalue weighted by Crippen LogP contribution is 2.15. The van der Waals surface area contributed by atoms with Crippen molar-refractivity contribution < 1.29 is 9.59 Å². The first-order valence-corrected chi connectivity index (χ1v) is 13.2. The number of rotatable bonds is 6. The molecule has 0 spiro atoms. The Labute approximate surface area is 218 Å². The van der Waals surface area contributed by atoms with Crippen molar-refractivity contribution in [2.45, 2.75) is 32.4 Å². The minimum atomic E-state index is -0.0504. The highest BCUT2D eigenvalue weighted by atomic mass is 35.5. The zero-order valence-electron chi connectivity index (χ0n) is 20.2. The Balaban J connectivity index is 1.22. The van der Waals surface area contributed by atoms with Gasteiger partial charge in [-0.15, -0.1) is 0 Å². The Bertz CT molecular complexity index is 904. The summed E-state index contributed by atoms with van der Waals surface area (Å²) in [5, 5.41) is 1.48. The molecule has 2 saturated heterocycles. The van der Waals surface area contributed by atoms with Gasteiger partial charge in [-0.2, -0.15) is 0 Å². The van der Waals surface area contributed by atoms with E-state index >= 15 is 0 Å². The summed E-state index contributed by atoms with van der Waals surface area (Å²) in [4.78, 5) is 34.4. The second kappa shape index (κ2) is 12.7. The summed E-state index contributed by atoms with van der Waals surface area (Å²) in [7, 11) is 0. The van der Waals surface area contributed by atoms with Crippen molar-refractivity contribution in [1.82, 2.24) is 19.6 Å². The van der Waals surface area contributed by atoms with Crippen LogP contribution in [0.5, 0.6) is 0 Å². The number of nitrogens with zero attached hydrogens (tertiary/aromatic N) is 4. The second-order valence-corrected chi connectivity index (χ2v) is 10.3. The summed E-state index contributed by atoms with van der Waals surface area (Å²) in [5.41, 5.74) is 2.44. The molecule has 0 unspecified atom stereocenters. The standard InChI is InChI=1S/C27H34Cl2N4O2/c28-24-7-3-22(4-8-24)20-30-11-1-13-32(17-15-30)26(34)19-27(35)33-14-2-12-31(16-18-33)21-23-5-9-25(29)10-6-23/h3-10H,1-2,11-21H2. The third kappa shape index (κ3) is 7.94. The van der Waals surface area contributed by atoms with Gasteiger partial charge in [0.1, 0.15) is 6.42 Å². The summed E-state index contributed by atoms with van der Waals surface area (Å²) in [6.07, 6.45) is 1.79. The molecule has 8 heteroatoms. The molecule has 2 aromatic rings. The molecule has 0 saturated carbocycles. The Morgan fingerprint density at radius 2 is 0.971 bits per heavy atom. The van der Waals surface area contributed by atoms with Gasteiger partial charge in [-0.25, -0.2) is 0 Å². The lowest BCUT2D eigenvalue weighted by Gasteiger charge is -2.25. The molecule has 6 nitrogen and oxygen atoms in total. The number of carbonyl (C=O) groups is 2. The van der Waals surface area contributed by atoms with E-state index in [2.05, 4.69) is 9.80 Å². The SMILES string of the molecule is O=C(CC(=O)N1CCCN(Cc2ccc(Cl)cc2)CC1)N1CCCN(Cc2ccc(Cl)cc2)CC1. The summed E-state index contributed by atoms with van der Waals surface area (Å²) < 4.78 is 0. The molecule has 2 aliphatic heterocycles. The first-order valence-electron chi connectivity index (χ1n) is 12.5. The van der Waals surface area contributed by atoms with Gasteiger partial charge in [-0.05, 0) is 48.2 Å². The minimum absolute atomic E-state index is 0.0334. The molecule has 35 heavy (non-hydrogen) atoms. The van der Waals surface area contributed by atoms with Crippen LogP contribution in [0.3, 0.4) is 0 Å². The molecular formula is C27H34Cl2N4O2. The van der Waals surface area contributed by atoms with E-state index in [4.69, 9.17) is 23.2 Å². The van der Waals surface area contributed by atoms with Crippen molar-refractivity contribution >= 4 is 35.0 Å². The van der Waals surface area contributed by atoms with Gasteiger partial charge in [0.25, 0.3) is 0 Å². The summed E-state index contributed by atoms with van der Waals surface area (Å²) in [5.74, 6) is -0.101. The van der Waals surface area contributed by atoms with E-state index in [1.54, 1.807) is 0 Å². The number of carbonyl (C=O) groups excluding carboxylic acids is 2. The maximum atomic E-state index is 12.9. The fourth-order valence-corrected chi connectivity index (χ4v) is 5.06. The van der Waals surface area contributed by atoms with Crippen LogP contribution < -0.4 is 0 Å². The van der Waals surface area contributed by atoms with E-state index in [1.165, 1.54) is 11.1 Å². The fourth-order valence-electron chi connectivity index (χ4n) is 4.81. The van der Waals surface area contributed by atoms with Gasteiger partial charge >= 0.3 is 0 Å². The van der Waals surface area contributed by atoms with Crippen LogP contribution in [0.1, 0.15) is 30.4 Å². The number of amides is 2. The molecule has 0 atom stereocenters. The molecule has 0 bridgehead atoms. The van der Waals surface area contributed by atoms with Crippen LogP contribution >= 0.6 is 23.2 Å². The molecule has 2 aromatic carbocycles. The monoisotopic (exact) mass is 516 g/mol. The highest BCUT2D eigenvalue weighted by Gasteiger charge is 2.25. The first kappa shape index (κ1) is 26.0. The van der Waals surface area contributed by atoms with Gasteiger partial charge in [-0.1, -0.05) is 47.5 Å². The molecule has 0 N–H and O–H groups in total. The van der Waals surface area contributed by atoms with Crippen molar-refractivity contribution in [2.75, 3.05) is 52.4 Å². The Morgan fingerprint density at radius 1 is 0.571 bits per heavy atom. The lowest BCUT2D eigenvalue weighted by molar-refractivity contribution is -0.140. The van der Waals surface area contributed by atoms with E-state index in [-0.39, 0.29) is 18.2 Å². The van der Waals surface area contributed by atoms with E-state index in [0.29, 0.717) is 26.2 Å². The van der Waals surface area contributed by atoms with Crippen molar-refractivity contribution in [2.24, 2.45) is 0 Å². The number of benzene rings is 2. The van der Waals surface area contributed by atoms with E-state index in [0.717, 1.165) is 62.2 Å². The van der Waals surface area contributed by atoms with Gasteiger partial charge in [-0.3, -0.25) is 19.4 Å². The lowest BCUT2D eigenvalue weighted by Crippen LogP contribution is -2.41. The predicted molar refractivity (Wildman–Crippen MR) is 140 cm³/mol. The normalized spacial score (nSPS) is 18.2. The lowest BCUT2D eigenvalue weighted by atomic mass is 10.2. The van der Waals surface area contributed by atoms with E-state index < -0.39 is 0 Å². The van der Waals surface area contributed by atoms with Crippen LogP contribution in [0, 0.1) is 0 Å². The molecular weight excluding hydrogens is 483 g/mol. The molecule has 2 heterocycles. The van der Waals surface area contributed by atoms with Crippen molar-refractivity contribution in [3.8, 4) is 0 Å². The smallest absolute Gasteiger partial charge is 0.232 e. The van der Waals surface area contributed by atoms with Crippen molar-refractivity contribution in [3.05, 3.63) is 69.7 Å². The minimum Gasteiger partial charge on any atom is -0.341 e. The van der Waals surface area contributed by atoms with Crippen LogP contribution in [-0.2, 0) is 22.7 Å². The number of hydrogen-bond donors (Lipinski definition) is 0. The van der Waals surface area contributed by atoms with Crippen LogP contribution in [0.25, 0.3) is 0 Å². The highest BCUT2D eigenvalue weighted by molar-refractivity contribution is 6.30. The van der Waals surface area contributed by atoms with Crippen molar-refractivity contribution in [3.63, 3.8) is 0 Å². The first-order chi connectivity index (χ1) is 17.0. The molecule has 0 aliphatic carbocycles. The van der Waals surface area contributed by atoms with Crippen LogP contribution in [-0.4, -0.2) is 83.8 Å². The van der Waals surface area contributed by atoms with E-state index in [1.807, 2.05) is 58.3 Å². The molecule has 2 aliphatic rings. The summed E-state index contributed by atoms with van der Waals surface area (Å²) in [6, 6.07) is 15.8. The summed E-state index contributed by atoms with van der Waals surface area (Å²) >= 11 is 12.0. The molecule has 4 rings (SSSR count). The van der Waals surface area contributed by atoms with Gasteiger partial charge in [0.15, 0.2) is 0 Å². The topological polar surface area (TPSA) is 47.1 Å². The average Bonchev–Trinajstić information content (AvgIpc) is 3.23. The molecule has 2 fully saturated rings. The summed E-state index contributed by atoms with van der Waals surface area (Å²) in [6.45, 7) is 7.93. The largest absolute Gasteiger partial charge is 0.341 e. The van der Waals surface area contributed by atoms with Crippen LogP contribution in [0.2, 0.25) is 10.0 Å². The average molecular weight is 518 g/mol. The quantitative estimate of drug-likeness (QED) is 0.541. The Kier molecular flexibility index (Phi) is 9.44. The maximum Gasteiger partial charge on any atom is 0.232 e. The number of hydrogen-bond acceptors (Lipinski definition) is 4. The van der Waals surface area contributed by atoms with Gasteiger partial charge in [0.2, 0.25) is 11.8 Å². The van der Waals surface area contributed by atoms with E-state index in [9.17, 15) is 9.59 Å². The zero-order valence-corrected chi connectivity index (χ0v) is 21.7. The van der Waals surface area contributed by atoms with Gasteiger partial charge < -0.3 is 9.80 Å². The third-order valence-electron chi connectivity index (χ3n) is 6.82. The maximum absolute atomic E-state index is 12.9. The molecule has 2 amide bonds. The number of halogens is 2.